The number of rotatable bonds is 3. The molecule has 0 saturated heterocycles. The fourth-order valence-corrected chi connectivity index (χ4v) is 2.48. The molecule has 2 aromatic rings. The number of carbonyl (C=O) groups is 1. The van der Waals surface area contributed by atoms with Crippen LogP contribution in [0.3, 0.4) is 0 Å². The summed E-state index contributed by atoms with van der Waals surface area (Å²) in [5.41, 5.74) is 3.76. The van der Waals surface area contributed by atoms with Gasteiger partial charge in [0.15, 0.2) is 0 Å². The summed E-state index contributed by atoms with van der Waals surface area (Å²) >= 11 is 0. The molecule has 1 amide bonds. The first-order valence-corrected chi connectivity index (χ1v) is 7.83. The van der Waals surface area contributed by atoms with E-state index in [-0.39, 0.29) is 17.1 Å². The first-order valence-electron chi connectivity index (χ1n) is 7.83. The van der Waals surface area contributed by atoms with Crippen LogP contribution in [0.1, 0.15) is 47.8 Å². The Morgan fingerprint density at radius 1 is 1.09 bits per heavy atom. The van der Waals surface area contributed by atoms with Crippen LogP contribution < -0.4 is 0 Å². The van der Waals surface area contributed by atoms with Crippen molar-refractivity contribution >= 4 is 5.91 Å². The number of benzene rings is 2. The Labute approximate surface area is 138 Å². The highest BCUT2D eigenvalue weighted by Crippen LogP contribution is 2.23. The first-order chi connectivity index (χ1) is 10.7. The summed E-state index contributed by atoms with van der Waals surface area (Å²) in [6, 6.07) is 13.4. The minimum atomic E-state index is -0.175. The second-order valence-electron chi connectivity index (χ2n) is 7.13. The summed E-state index contributed by atoms with van der Waals surface area (Å²) in [4.78, 5) is 14.1. The van der Waals surface area contributed by atoms with Crippen LogP contribution in [-0.4, -0.2) is 23.0 Å². The number of aromatic hydroxyl groups is 1. The molecule has 122 valence electrons. The van der Waals surface area contributed by atoms with Crippen LogP contribution in [0.25, 0.3) is 0 Å². The lowest BCUT2D eigenvalue weighted by Crippen LogP contribution is -2.26. The van der Waals surface area contributed by atoms with Crippen molar-refractivity contribution in [3.05, 3.63) is 64.7 Å². The van der Waals surface area contributed by atoms with Crippen LogP contribution in [-0.2, 0) is 12.0 Å². The van der Waals surface area contributed by atoms with E-state index >= 15 is 0 Å². The molecule has 1 N–H and O–H groups in total. The fraction of sp³-hybridized carbons (Fsp3) is 0.350. The van der Waals surface area contributed by atoms with E-state index in [1.165, 1.54) is 5.56 Å². The highest BCUT2D eigenvalue weighted by atomic mass is 16.3. The maximum atomic E-state index is 12.5. The van der Waals surface area contributed by atoms with Gasteiger partial charge in [-0.3, -0.25) is 4.79 Å². The van der Waals surface area contributed by atoms with Gasteiger partial charge in [-0.2, -0.15) is 0 Å². The monoisotopic (exact) mass is 311 g/mol. The molecule has 0 fully saturated rings. The molecule has 0 atom stereocenters. The number of hydrogen-bond donors (Lipinski definition) is 1. The molecule has 3 nitrogen and oxygen atoms in total. The standard InChI is InChI=1S/C20H25NO2/c1-14-6-11-18(22)17(12-14)19(23)21(5)13-15-7-9-16(10-8-15)20(2,3)4/h6-12,22H,13H2,1-5H3. The predicted molar refractivity (Wildman–Crippen MR) is 93.8 cm³/mol. The maximum absolute atomic E-state index is 12.5. The van der Waals surface area contributed by atoms with Crippen molar-refractivity contribution in [3.8, 4) is 5.75 Å². The van der Waals surface area contributed by atoms with Crippen molar-refractivity contribution < 1.29 is 9.90 Å². The van der Waals surface area contributed by atoms with Gasteiger partial charge in [-0.1, -0.05) is 56.7 Å². The number of carbonyl (C=O) groups excluding carboxylic acids is 1. The second-order valence-corrected chi connectivity index (χ2v) is 7.13. The summed E-state index contributed by atoms with van der Waals surface area (Å²) in [6.07, 6.45) is 0. The lowest BCUT2D eigenvalue weighted by atomic mass is 9.87. The Hall–Kier alpha value is -2.29. The molecule has 0 aromatic heterocycles. The van der Waals surface area contributed by atoms with Crippen LogP contribution in [0.5, 0.6) is 5.75 Å². The largest absolute Gasteiger partial charge is 0.507 e. The van der Waals surface area contributed by atoms with Gasteiger partial charge in [0.05, 0.1) is 5.56 Å². The molecular formula is C20H25NO2. The molecular weight excluding hydrogens is 286 g/mol. The Bertz CT molecular complexity index is 697. The zero-order chi connectivity index (χ0) is 17.2. The molecule has 0 radical (unpaired) electrons. The van der Waals surface area contributed by atoms with Crippen LogP contribution in [0.15, 0.2) is 42.5 Å². The van der Waals surface area contributed by atoms with E-state index in [2.05, 4.69) is 45.0 Å². The quantitative estimate of drug-likeness (QED) is 0.919. The zero-order valence-corrected chi connectivity index (χ0v) is 14.6. The third-order valence-electron chi connectivity index (χ3n) is 3.97. The van der Waals surface area contributed by atoms with Crippen molar-refractivity contribution in [1.29, 1.82) is 0 Å². The van der Waals surface area contributed by atoms with Gasteiger partial charge in [-0.05, 0) is 35.6 Å². The van der Waals surface area contributed by atoms with Gasteiger partial charge in [0.1, 0.15) is 5.75 Å². The second kappa shape index (κ2) is 6.45. The number of hydrogen-bond acceptors (Lipinski definition) is 2. The lowest BCUT2D eigenvalue weighted by molar-refractivity contribution is 0.0782. The smallest absolute Gasteiger partial charge is 0.257 e. The van der Waals surface area contributed by atoms with Crippen molar-refractivity contribution in [2.24, 2.45) is 0 Å². The fourth-order valence-electron chi connectivity index (χ4n) is 2.48. The minimum Gasteiger partial charge on any atom is -0.507 e. The van der Waals surface area contributed by atoms with Gasteiger partial charge in [0.2, 0.25) is 0 Å². The normalized spacial score (nSPS) is 11.3. The van der Waals surface area contributed by atoms with Crippen molar-refractivity contribution in [1.82, 2.24) is 4.90 Å². The third-order valence-corrected chi connectivity index (χ3v) is 3.97. The van der Waals surface area contributed by atoms with E-state index < -0.39 is 0 Å². The summed E-state index contributed by atoms with van der Waals surface area (Å²) in [7, 11) is 1.75. The van der Waals surface area contributed by atoms with E-state index in [0.29, 0.717) is 12.1 Å². The number of aryl methyl sites for hydroxylation is 1. The summed E-state index contributed by atoms with van der Waals surface area (Å²) in [5, 5.41) is 9.90. The van der Waals surface area contributed by atoms with Crippen molar-refractivity contribution in [2.75, 3.05) is 7.05 Å². The molecule has 0 spiro atoms. The van der Waals surface area contributed by atoms with E-state index in [9.17, 15) is 9.90 Å². The van der Waals surface area contributed by atoms with E-state index in [1.807, 2.05) is 6.92 Å². The van der Waals surface area contributed by atoms with Gasteiger partial charge in [-0.25, -0.2) is 0 Å². The Kier molecular flexibility index (Phi) is 4.79. The van der Waals surface area contributed by atoms with Crippen LogP contribution in [0, 0.1) is 6.92 Å². The van der Waals surface area contributed by atoms with Gasteiger partial charge in [0, 0.05) is 13.6 Å². The summed E-state index contributed by atoms with van der Waals surface area (Å²) < 4.78 is 0. The molecule has 2 rings (SSSR count). The number of phenols is 1. The zero-order valence-electron chi connectivity index (χ0n) is 14.6. The van der Waals surface area contributed by atoms with E-state index in [4.69, 9.17) is 0 Å². The molecule has 0 aliphatic rings. The van der Waals surface area contributed by atoms with Crippen LogP contribution in [0.2, 0.25) is 0 Å². The minimum absolute atomic E-state index is 0.0236. The van der Waals surface area contributed by atoms with Gasteiger partial charge < -0.3 is 10.0 Å². The number of amides is 1. The molecule has 3 heteroatoms. The van der Waals surface area contributed by atoms with Crippen molar-refractivity contribution in [2.45, 2.75) is 39.7 Å². The average molecular weight is 311 g/mol. The predicted octanol–water partition coefficient (Wildman–Crippen LogP) is 4.27. The highest BCUT2D eigenvalue weighted by Gasteiger charge is 2.17. The SMILES string of the molecule is Cc1ccc(O)c(C(=O)N(C)Cc2ccc(C(C)(C)C)cc2)c1. The molecule has 0 saturated carbocycles. The summed E-state index contributed by atoms with van der Waals surface area (Å²) in [5.74, 6) is -0.151. The lowest BCUT2D eigenvalue weighted by Gasteiger charge is -2.21. The highest BCUT2D eigenvalue weighted by molar-refractivity contribution is 5.96. The molecule has 0 unspecified atom stereocenters. The molecule has 0 aliphatic heterocycles. The molecule has 0 bridgehead atoms. The molecule has 0 aliphatic carbocycles. The Morgan fingerprint density at radius 3 is 2.26 bits per heavy atom. The Morgan fingerprint density at radius 2 is 1.70 bits per heavy atom. The van der Waals surface area contributed by atoms with Crippen LogP contribution >= 0.6 is 0 Å². The number of phenolic OH excluding ortho intramolecular Hbond substituents is 1. The maximum Gasteiger partial charge on any atom is 0.257 e. The topological polar surface area (TPSA) is 40.5 Å². The molecule has 23 heavy (non-hydrogen) atoms. The first kappa shape index (κ1) is 17.1. The molecule has 2 aromatic carbocycles. The average Bonchev–Trinajstić information content (AvgIpc) is 2.48. The van der Waals surface area contributed by atoms with Crippen molar-refractivity contribution in [3.63, 3.8) is 0 Å². The van der Waals surface area contributed by atoms with Gasteiger partial charge >= 0.3 is 0 Å². The van der Waals surface area contributed by atoms with Gasteiger partial charge in [-0.15, -0.1) is 0 Å². The molecule has 0 heterocycles. The van der Waals surface area contributed by atoms with E-state index in [1.54, 1.807) is 30.1 Å². The number of nitrogens with zero attached hydrogens (tertiary/aromatic N) is 1. The van der Waals surface area contributed by atoms with Crippen LogP contribution in [0.4, 0.5) is 0 Å². The third kappa shape index (κ3) is 4.13. The van der Waals surface area contributed by atoms with Gasteiger partial charge in [0.25, 0.3) is 5.91 Å². The Balaban J connectivity index is 2.13. The van der Waals surface area contributed by atoms with E-state index in [0.717, 1.165) is 11.1 Å². The summed E-state index contributed by atoms with van der Waals surface area (Å²) in [6.45, 7) is 8.95.